The zero-order valence-corrected chi connectivity index (χ0v) is 13.0. The Bertz CT molecular complexity index is 726. The maximum Gasteiger partial charge on any atom is 0.292 e. The molecule has 2 amide bonds. The van der Waals surface area contributed by atoms with Crippen LogP contribution in [-0.4, -0.2) is 17.6 Å². The molecule has 118 valence electrons. The number of anilines is 1. The van der Waals surface area contributed by atoms with Gasteiger partial charge in [0.15, 0.2) is 0 Å². The topological polar surface area (TPSA) is 75.3 Å². The molecule has 0 bridgehead atoms. The Morgan fingerprint density at radius 2 is 1.52 bits per heavy atom. The maximum absolute atomic E-state index is 12.4. The average molecular weight is 310 g/mol. The van der Waals surface area contributed by atoms with Gasteiger partial charge < -0.3 is 10.6 Å². The van der Waals surface area contributed by atoms with E-state index in [4.69, 9.17) is 0 Å². The zero-order chi connectivity index (χ0) is 16.8. The van der Waals surface area contributed by atoms with Crippen molar-refractivity contribution in [2.45, 2.75) is 19.9 Å². The Hall–Kier alpha value is -2.95. The number of rotatable bonds is 5. The summed E-state index contributed by atoms with van der Waals surface area (Å²) < 4.78 is 0. The fraction of sp³-hybridized carbons (Fsp3) is 0.167. The van der Waals surface area contributed by atoms with Crippen molar-refractivity contribution >= 4 is 23.3 Å². The molecular formula is C18H18N2O3. The van der Waals surface area contributed by atoms with Crippen molar-refractivity contribution in [2.75, 3.05) is 5.32 Å². The summed E-state index contributed by atoms with van der Waals surface area (Å²) in [5.74, 6) is -1.69. The minimum atomic E-state index is -0.709. The van der Waals surface area contributed by atoms with E-state index < -0.39 is 11.7 Å². The molecule has 0 aliphatic heterocycles. The van der Waals surface area contributed by atoms with Gasteiger partial charge in [0.2, 0.25) is 5.91 Å². The fourth-order valence-corrected chi connectivity index (χ4v) is 2.19. The summed E-state index contributed by atoms with van der Waals surface area (Å²) in [5.41, 5.74) is 1.40. The molecule has 5 nitrogen and oxygen atoms in total. The number of benzene rings is 2. The van der Waals surface area contributed by atoms with Crippen molar-refractivity contribution in [3.05, 3.63) is 65.7 Å². The third-order valence-corrected chi connectivity index (χ3v) is 3.34. The second kappa shape index (κ2) is 7.35. The van der Waals surface area contributed by atoms with Crippen molar-refractivity contribution in [1.29, 1.82) is 0 Å². The van der Waals surface area contributed by atoms with Crippen LogP contribution in [0.25, 0.3) is 0 Å². The van der Waals surface area contributed by atoms with E-state index in [9.17, 15) is 14.4 Å². The largest absolute Gasteiger partial charge is 0.343 e. The van der Waals surface area contributed by atoms with Gasteiger partial charge in [-0.2, -0.15) is 0 Å². The second-order valence-corrected chi connectivity index (χ2v) is 5.16. The van der Waals surface area contributed by atoms with Gasteiger partial charge in [0, 0.05) is 6.92 Å². The SMILES string of the molecule is CC(=O)Nc1ccccc1C(=O)C(=O)NC(C)c1ccccc1. The van der Waals surface area contributed by atoms with Crippen molar-refractivity contribution in [3.8, 4) is 0 Å². The van der Waals surface area contributed by atoms with E-state index in [0.717, 1.165) is 5.56 Å². The molecule has 0 aliphatic rings. The molecule has 2 aromatic carbocycles. The van der Waals surface area contributed by atoms with Crippen LogP contribution in [0.5, 0.6) is 0 Å². The number of para-hydroxylation sites is 1. The van der Waals surface area contributed by atoms with Gasteiger partial charge in [0.05, 0.1) is 17.3 Å². The molecule has 0 fully saturated rings. The number of ketones is 1. The van der Waals surface area contributed by atoms with Crippen molar-refractivity contribution in [3.63, 3.8) is 0 Å². The number of Topliss-reactive ketones (excluding diaryl/α,β-unsaturated/α-hetero) is 1. The maximum atomic E-state index is 12.4. The Labute approximate surface area is 134 Å². The van der Waals surface area contributed by atoms with Gasteiger partial charge in [-0.3, -0.25) is 14.4 Å². The fourth-order valence-electron chi connectivity index (χ4n) is 2.19. The molecule has 2 rings (SSSR count). The standard InChI is InChI=1S/C18H18N2O3/c1-12(14-8-4-3-5-9-14)19-18(23)17(22)15-10-6-7-11-16(15)20-13(2)21/h3-12H,1-2H3,(H,19,23)(H,20,21). The Morgan fingerprint density at radius 1 is 0.913 bits per heavy atom. The minimum Gasteiger partial charge on any atom is -0.343 e. The summed E-state index contributed by atoms with van der Waals surface area (Å²) in [4.78, 5) is 35.7. The van der Waals surface area contributed by atoms with Crippen LogP contribution in [0.3, 0.4) is 0 Å². The summed E-state index contributed by atoms with van der Waals surface area (Å²) in [6.07, 6.45) is 0. The quantitative estimate of drug-likeness (QED) is 0.658. The van der Waals surface area contributed by atoms with Crippen LogP contribution in [0, 0.1) is 0 Å². The molecule has 0 saturated heterocycles. The van der Waals surface area contributed by atoms with Crippen LogP contribution < -0.4 is 10.6 Å². The van der Waals surface area contributed by atoms with Gasteiger partial charge in [0.25, 0.3) is 11.7 Å². The molecule has 2 aromatic rings. The molecule has 0 aromatic heterocycles. The van der Waals surface area contributed by atoms with Gasteiger partial charge in [-0.25, -0.2) is 0 Å². The lowest BCUT2D eigenvalue weighted by Crippen LogP contribution is -2.33. The number of hydrogen-bond acceptors (Lipinski definition) is 3. The third kappa shape index (κ3) is 4.26. The molecule has 0 saturated carbocycles. The number of nitrogens with one attached hydrogen (secondary N) is 2. The van der Waals surface area contributed by atoms with Gasteiger partial charge in [-0.1, -0.05) is 42.5 Å². The Kier molecular flexibility index (Phi) is 5.25. The number of carbonyl (C=O) groups is 3. The number of amides is 2. The van der Waals surface area contributed by atoms with Crippen LogP contribution in [-0.2, 0) is 9.59 Å². The first-order chi connectivity index (χ1) is 11.0. The molecule has 2 N–H and O–H groups in total. The van der Waals surface area contributed by atoms with Crippen LogP contribution in [0.2, 0.25) is 0 Å². The predicted octanol–water partition coefficient (Wildman–Crippen LogP) is 2.71. The van der Waals surface area contributed by atoms with Crippen LogP contribution in [0.1, 0.15) is 35.8 Å². The van der Waals surface area contributed by atoms with Gasteiger partial charge in [-0.15, -0.1) is 0 Å². The van der Waals surface area contributed by atoms with E-state index in [1.807, 2.05) is 30.3 Å². The number of carbonyl (C=O) groups excluding carboxylic acids is 3. The summed E-state index contributed by atoms with van der Waals surface area (Å²) in [7, 11) is 0. The van der Waals surface area contributed by atoms with E-state index in [0.29, 0.717) is 5.69 Å². The molecule has 1 atom stereocenters. The van der Waals surface area contributed by atoms with E-state index in [1.165, 1.54) is 13.0 Å². The van der Waals surface area contributed by atoms with Crippen LogP contribution in [0.15, 0.2) is 54.6 Å². The van der Waals surface area contributed by atoms with Crippen LogP contribution in [0.4, 0.5) is 5.69 Å². The molecule has 0 spiro atoms. The predicted molar refractivity (Wildman–Crippen MR) is 88.1 cm³/mol. The highest BCUT2D eigenvalue weighted by Gasteiger charge is 2.21. The first-order valence-electron chi connectivity index (χ1n) is 7.26. The molecule has 23 heavy (non-hydrogen) atoms. The molecule has 1 unspecified atom stereocenters. The molecule has 0 radical (unpaired) electrons. The van der Waals surface area contributed by atoms with Gasteiger partial charge in [0.1, 0.15) is 0 Å². The van der Waals surface area contributed by atoms with Gasteiger partial charge in [-0.05, 0) is 24.6 Å². The first-order valence-corrected chi connectivity index (χ1v) is 7.26. The van der Waals surface area contributed by atoms with Crippen molar-refractivity contribution in [1.82, 2.24) is 5.32 Å². The highest BCUT2D eigenvalue weighted by Crippen LogP contribution is 2.17. The summed E-state index contributed by atoms with van der Waals surface area (Å²) in [5, 5.41) is 5.23. The normalized spacial score (nSPS) is 11.4. The van der Waals surface area contributed by atoms with E-state index >= 15 is 0 Å². The Balaban J connectivity index is 2.14. The first kappa shape index (κ1) is 16.4. The molecule has 0 aliphatic carbocycles. The highest BCUT2D eigenvalue weighted by atomic mass is 16.2. The lowest BCUT2D eigenvalue weighted by molar-refractivity contribution is -0.117. The second-order valence-electron chi connectivity index (χ2n) is 5.16. The smallest absolute Gasteiger partial charge is 0.292 e. The Morgan fingerprint density at radius 3 is 2.17 bits per heavy atom. The van der Waals surface area contributed by atoms with E-state index in [-0.39, 0.29) is 17.5 Å². The monoisotopic (exact) mass is 310 g/mol. The highest BCUT2D eigenvalue weighted by molar-refractivity contribution is 6.44. The molecule has 5 heteroatoms. The molecule has 0 heterocycles. The third-order valence-electron chi connectivity index (χ3n) is 3.34. The lowest BCUT2D eigenvalue weighted by atomic mass is 10.1. The lowest BCUT2D eigenvalue weighted by Gasteiger charge is -2.14. The zero-order valence-electron chi connectivity index (χ0n) is 13.0. The number of hydrogen-bond donors (Lipinski definition) is 2. The summed E-state index contributed by atoms with van der Waals surface area (Å²) >= 11 is 0. The van der Waals surface area contributed by atoms with Crippen LogP contribution >= 0.6 is 0 Å². The molecular weight excluding hydrogens is 292 g/mol. The summed E-state index contributed by atoms with van der Waals surface area (Å²) in [6, 6.07) is 15.5. The van der Waals surface area contributed by atoms with Gasteiger partial charge >= 0.3 is 0 Å². The minimum absolute atomic E-state index is 0.167. The summed E-state index contributed by atoms with van der Waals surface area (Å²) in [6.45, 7) is 3.15. The van der Waals surface area contributed by atoms with E-state index in [1.54, 1.807) is 25.1 Å². The van der Waals surface area contributed by atoms with Crippen molar-refractivity contribution in [2.24, 2.45) is 0 Å². The average Bonchev–Trinajstić information content (AvgIpc) is 2.55. The van der Waals surface area contributed by atoms with Crippen molar-refractivity contribution < 1.29 is 14.4 Å². The van der Waals surface area contributed by atoms with E-state index in [2.05, 4.69) is 10.6 Å².